The molecular weight excluding hydrogens is 274 g/mol. The number of hydrogen-bond donors (Lipinski definition) is 2. The van der Waals surface area contributed by atoms with Crippen LogP contribution in [0.3, 0.4) is 0 Å². The van der Waals surface area contributed by atoms with Crippen molar-refractivity contribution in [2.24, 2.45) is 5.73 Å². The lowest BCUT2D eigenvalue weighted by Gasteiger charge is -2.05. The zero-order valence-corrected chi connectivity index (χ0v) is 10.7. The number of nitrogens with two attached hydrogens (primary N) is 1. The fourth-order valence-corrected chi connectivity index (χ4v) is 3.03. The second-order valence-electron chi connectivity index (χ2n) is 3.33. The van der Waals surface area contributed by atoms with E-state index in [1.165, 1.54) is 41.8 Å². The summed E-state index contributed by atoms with van der Waals surface area (Å²) in [6.07, 6.45) is 1.50. The number of nitrogens with zero attached hydrogens (tertiary/aromatic N) is 1. The van der Waals surface area contributed by atoms with Crippen molar-refractivity contribution in [3.8, 4) is 0 Å². The summed E-state index contributed by atoms with van der Waals surface area (Å²) in [6, 6.07) is 5.35. The molecule has 3 N–H and O–H groups in total. The summed E-state index contributed by atoms with van der Waals surface area (Å²) in [5, 5.41) is 1.95. The predicted octanol–water partition coefficient (Wildman–Crippen LogP) is 1.04. The lowest BCUT2D eigenvalue weighted by Crippen LogP contribution is -2.14. The molecule has 1 heterocycles. The Morgan fingerprint density at radius 2 is 1.94 bits per heavy atom. The number of hydrogen-bond acceptors (Lipinski definition) is 5. The molecule has 18 heavy (non-hydrogen) atoms. The van der Waals surface area contributed by atoms with Gasteiger partial charge in [0.15, 0.2) is 5.13 Å². The molecule has 0 aliphatic heterocycles. The maximum Gasteiger partial charge on any atom is 0.263 e. The average molecular weight is 283 g/mol. The normalized spacial score (nSPS) is 11.1. The van der Waals surface area contributed by atoms with Crippen LogP contribution in [0.5, 0.6) is 0 Å². The number of rotatable bonds is 4. The molecule has 0 fully saturated rings. The van der Waals surface area contributed by atoms with Gasteiger partial charge in [-0.1, -0.05) is 0 Å². The third-order valence-electron chi connectivity index (χ3n) is 2.10. The van der Waals surface area contributed by atoms with E-state index in [2.05, 4.69) is 9.71 Å². The van der Waals surface area contributed by atoms with Gasteiger partial charge in [0.25, 0.3) is 10.0 Å². The number of amides is 1. The molecule has 0 radical (unpaired) electrons. The summed E-state index contributed by atoms with van der Waals surface area (Å²) in [6.45, 7) is 0. The summed E-state index contributed by atoms with van der Waals surface area (Å²) < 4.78 is 26.2. The van der Waals surface area contributed by atoms with E-state index >= 15 is 0 Å². The minimum absolute atomic E-state index is 0.0442. The van der Waals surface area contributed by atoms with Crippen LogP contribution in [0.1, 0.15) is 10.4 Å². The second-order valence-corrected chi connectivity index (χ2v) is 5.91. The zero-order valence-electron chi connectivity index (χ0n) is 9.03. The quantitative estimate of drug-likeness (QED) is 0.875. The SMILES string of the molecule is NC(=O)c1ccc(S(=O)(=O)Nc2nccs2)cc1. The number of carbonyl (C=O) groups excluding carboxylic acids is 1. The second kappa shape index (κ2) is 4.75. The van der Waals surface area contributed by atoms with Gasteiger partial charge in [-0.25, -0.2) is 13.4 Å². The minimum atomic E-state index is -3.68. The standard InChI is InChI=1S/C10H9N3O3S2/c11-9(14)7-1-3-8(4-2-7)18(15,16)13-10-12-5-6-17-10/h1-6H,(H2,11,14)(H,12,13). The predicted molar refractivity (Wildman–Crippen MR) is 67.9 cm³/mol. The summed E-state index contributed by atoms with van der Waals surface area (Å²) in [5.41, 5.74) is 5.32. The molecular formula is C10H9N3O3S2. The van der Waals surface area contributed by atoms with Crippen molar-refractivity contribution in [3.05, 3.63) is 41.4 Å². The van der Waals surface area contributed by atoms with Crippen LogP contribution in [0, 0.1) is 0 Å². The third-order valence-corrected chi connectivity index (χ3v) is 4.28. The molecule has 8 heteroatoms. The highest BCUT2D eigenvalue weighted by Gasteiger charge is 2.15. The molecule has 0 saturated carbocycles. The summed E-state index contributed by atoms with van der Waals surface area (Å²) in [5.74, 6) is -0.605. The molecule has 0 unspecified atom stereocenters. The molecule has 1 aromatic heterocycles. The number of carbonyl (C=O) groups is 1. The first-order valence-electron chi connectivity index (χ1n) is 4.81. The molecule has 6 nitrogen and oxygen atoms in total. The van der Waals surface area contributed by atoms with E-state index in [0.29, 0.717) is 0 Å². The van der Waals surface area contributed by atoms with Gasteiger partial charge in [-0.15, -0.1) is 11.3 Å². The largest absolute Gasteiger partial charge is 0.366 e. The van der Waals surface area contributed by atoms with Gasteiger partial charge in [0.2, 0.25) is 5.91 Å². The van der Waals surface area contributed by atoms with Crippen LogP contribution in [0.15, 0.2) is 40.7 Å². The number of anilines is 1. The van der Waals surface area contributed by atoms with Crippen molar-refractivity contribution in [1.29, 1.82) is 0 Å². The average Bonchev–Trinajstić information content (AvgIpc) is 2.81. The zero-order chi connectivity index (χ0) is 13.2. The molecule has 2 rings (SSSR count). The highest BCUT2D eigenvalue weighted by Crippen LogP contribution is 2.18. The van der Waals surface area contributed by atoms with Gasteiger partial charge in [-0.3, -0.25) is 9.52 Å². The van der Waals surface area contributed by atoms with Gasteiger partial charge in [0.05, 0.1) is 4.90 Å². The van der Waals surface area contributed by atoms with E-state index in [0.717, 1.165) is 0 Å². The first-order chi connectivity index (χ1) is 8.49. The lowest BCUT2D eigenvalue weighted by atomic mass is 10.2. The minimum Gasteiger partial charge on any atom is -0.366 e. The molecule has 1 amide bonds. The van der Waals surface area contributed by atoms with Gasteiger partial charge < -0.3 is 5.73 Å². The van der Waals surface area contributed by atoms with Crippen molar-refractivity contribution >= 4 is 32.4 Å². The van der Waals surface area contributed by atoms with Crippen LogP contribution in [-0.2, 0) is 10.0 Å². The molecule has 94 valence electrons. The van der Waals surface area contributed by atoms with Gasteiger partial charge in [0.1, 0.15) is 0 Å². The van der Waals surface area contributed by atoms with Crippen LogP contribution in [-0.4, -0.2) is 19.3 Å². The van der Waals surface area contributed by atoms with Crippen molar-refractivity contribution < 1.29 is 13.2 Å². The number of thiazole rings is 1. The van der Waals surface area contributed by atoms with Crippen LogP contribution >= 0.6 is 11.3 Å². The lowest BCUT2D eigenvalue weighted by molar-refractivity contribution is 0.1000. The number of nitrogens with one attached hydrogen (secondary N) is 1. The number of sulfonamides is 1. The topological polar surface area (TPSA) is 102 Å². The Bertz CT molecular complexity index is 648. The van der Waals surface area contributed by atoms with Crippen LogP contribution in [0.4, 0.5) is 5.13 Å². The van der Waals surface area contributed by atoms with Crippen molar-refractivity contribution in [2.45, 2.75) is 4.90 Å². The fourth-order valence-electron chi connectivity index (χ4n) is 1.25. The van der Waals surface area contributed by atoms with Gasteiger partial charge in [-0.05, 0) is 24.3 Å². The van der Waals surface area contributed by atoms with E-state index in [1.54, 1.807) is 5.38 Å². The van der Waals surface area contributed by atoms with Crippen LogP contribution < -0.4 is 10.5 Å². The van der Waals surface area contributed by atoms with E-state index in [4.69, 9.17) is 5.73 Å². The van der Waals surface area contributed by atoms with Crippen molar-refractivity contribution in [2.75, 3.05) is 4.72 Å². The third kappa shape index (κ3) is 2.66. The Balaban J connectivity index is 2.27. The fraction of sp³-hybridized carbons (Fsp3) is 0. The van der Waals surface area contributed by atoms with E-state index in [-0.39, 0.29) is 15.6 Å². The molecule has 1 aromatic carbocycles. The van der Waals surface area contributed by atoms with E-state index in [9.17, 15) is 13.2 Å². The van der Waals surface area contributed by atoms with Crippen molar-refractivity contribution in [3.63, 3.8) is 0 Å². The van der Waals surface area contributed by atoms with E-state index < -0.39 is 15.9 Å². The van der Waals surface area contributed by atoms with E-state index in [1.807, 2.05) is 0 Å². The maximum absolute atomic E-state index is 11.9. The molecule has 0 bridgehead atoms. The van der Waals surface area contributed by atoms with Crippen LogP contribution in [0.2, 0.25) is 0 Å². The molecule has 0 aliphatic carbocycles. The first-order valence-corrected chi connectivity index (χ1v) is 7.17. The van der Waals surface area contributed by atoms with Gasteiger partial charge >= 0.3 is 0 Å². The van der Waals surface area contributed by atoms with Gasteiger partial charge in [-0.2, -0.15) is 0 Å². The number of benzene rings is 1. The Labute approximate surface area is 108 Å². The molecule has 2 aromatic rings. The number of primary amides is 1. The molecule has 0 spiro atoms. The Kier molecular flexibility index (Phi) is 3.30. The summed E-state index contributed by atoms with van der Waals surface area (Å²) >= 11 is 1.18. The Morgan fingerprint density at radius 3 is 2.44 bits per heavy atom. The molecule has 0 atom stereocenters. The maximum atomic E-state index is 11.9. The Hall–Kier alpha value is -1.93. The van der Waals surface area contributed by atoms with Crippen molar-refractivity contribution in [1.82, 2.24) is 4.98 Å². The highest BCUT2D eigenvalue weighted by atomic mass is 32.2. The highest BCUT2D eigenvalue weighted by molar-refractivity contribution is 7.93. The first kappa shape index (κ1) is 12.5. The molecule has 0 saturated heterocycles. The summed E-state index contributed by atoms with van der Waals surface area (Å²) in [4.78, 5) is 14.7. The smallest absolute Gasteiger partial charge is 0.263 e. The van der Waals surface area contributed by atoms with Crippen LogP contribution in [0.25, 0.3) is 0 Å². The summed E-state index contributed by atoms with van der Waals surface area (Å²) in [7, 11) is -3.68. The molecule has 0 aliphatic rings. The monoisotopic (exact) mass is 283 g/mol. The van der Waals surface area contributed by atoms with Gasteiger partial charge in [0, 0.05) is 17.1 Å². The number of aromatic nitrogens is 1. The Morgan fingerprint density at radius 1 is 1.28 bits per heavy atom.